The fraction of sp³-hybridized carbons (Fsp3) is 0.600. The van der Waals surface area contributed by atoms with Crippen LogP contribution in [0.5, 0.6) is 0 Å². The van der Waals surface area contributed by atoms with Gasteiger partial charge in [0.1, 0.15) is 0 Å². The molecule has 0 aromatic heterocycles. The van der Waals surface area contributed by atoms with E-state index < -0.39 is 0 Å². The molecule has 0 spiro atoms. The van der Waals surface area contributed by atoms with Gasteiger partial charge in [0.25, 0.3) is 0 Å². The first-order chi connectivity index (χ1) is 4.35. The van der Waals surface area contributed by atoms with E-state index >= 15 is 0 Å². The Labute approximate surface area is 65.7 Å². The molecular weight excluding hydrogens is 120 g/mol. The summed E-state index contributed by atoms with van der Waals surface area (Å²) < 4.78 is 0. The first kappa shape index (κ1) is 12.2. The first-order valence-corrected chi connectivity index (χ1v) is 3.65. The number of allylic oxidation sites excluding steroid dienone is 3. The molecule has 0 heteroatoms. The molecule has 0 atom stereocenters. The van der Waals surface area contributed by atoms with Crippen LogP contribution in [0.15, 0.2) is 24.3 Å². The first-order valence-electron chi connectivity index (χ1n) is 3.65. The molecule has 0 unspecified atom stereocenters. The van der Waals surface area contributed by atoms with E-state index in [2.05, 4.69) is 26.5 Å². The maximum atomic E-state index is 3.65. The number of rotatable bonds is 4. The van der Waals surface area contributed by atoms with Gasteiger partial charge in [0.2, 0.25) is 0 Å². The van der Waals surface area contributed by atoms with Crippen molar-refractivity contribution in [2.24, 2.45) is 0 Å². The molecule has 0 amide bonds. The van der Waals surface area contributed by atoms with E-state index in [-0.39, 0.29) is 7.43 Å². The van der Waals surface area contributed by atoms with Gasteiger partial charge in [-0.3, -0.25) is 0 Å². The topological polar surface area (TPSA) is 0 Å². The van der Waals surface area contributed by atoms with Gasteiger partial charge in [-0.1, -0.05) is 52.0 Å². The summed E-state index contributed by atoms with van der Waals surface area (Å²) in [4.78, 5) is 0. The Morgan fingerprint density at radius 3 is 2.30 bits per heavy atom. The monoisotopic (exact) mass is 140 g/mol. The van der Waals surface area contributed by atoms with Crippen molar-refractivity contribution in [3.8, 4) is 0 Å². The molecule has 0 aliphatic rings. The quantitative estimate of drug-likeness (QED) is 0.519. The predicted octanol–water partition coefficient (Wildman–Crippen LogP) is 3.95. The highest BCUT2D eigenvalue weighted by Gasteiger charge is 1.87. The second-order valence-corrected chi connectivity index (χ2v) is 2.16. The van der Waals surface area contributed by atoms with Crippen molar-refractivity contribution in [1.82, 2.24) is 0 Å². The Balaban J connectivity index is 0. The molecule has 0 aliphatic carbocycles. The Morgan fingerprint density at radius 2 is 2.00 bits per heavy atom. The van der Waals surface area contributed by atoms with Gasteiger partial charge in [0, 0.05) is 0 Å². The van der Waals surface area contributed by atoms with Gasteiger partial charge in [-0.2, -0.15) is 0 Å². The van der Waals surface area contributed by atoms with Crippen LogP contribution in [0.1, 0.15) is 40.5 Å². The Bertz CT molecular complexity index is 98.6. The van der Waals surface area contributed by atoms with Gasteiger partial charge >= 0.3 is 0 Å². The van der Waals surface area contributed by atoms with Gasteiger partial charge in [-0.25, -0.2) is 0 Å². The zero-order chi connectivity index (χ0) is 7.11. The highest BCUT2D eigenvalue weighted by atomic mass is 13.9. The van der Waals surface area contributed by atoms with Crippen LogP contribution in [0.25, 0.3) is 0 Å². The van der Waals surface area contributed by atoms with E-state index in [1.54, 1.807) is 0 Å². The third-order valence-corrected chi connectivity index (χ3v) is 1.38. The van der Waals surface area contributed by atoms with Crippen molar-refractivity contribution in [3.63, 3.8) is 0 Å². The molecule has 0 heterocycles. The summed E-state index contributed by atoms with van der Waals surface area (Å²) in [6, 6.07) is 0. The van der Waals surface area contributed by atoms with E-state index in [1.807, 2.05) is 6.08 Å². The molecule has 0 aromatic carbocycles. The SMILES string of the molecule is C.C=C/C=C(/CC)CCC. The van der Waals surface area contributed by atoms with Crippen LogP contribution in [0.3, 0.4) is 0 Å². The van der Waals surface area contributed by atoms with Gasteiger partial charge < -0.3 is 0 Å². The minimum Gasteiger partial charge on any atom is -0.0991 e. The summed E-state index contributed by atoms with van der Waals surface area (Å²) in [6.07, 6.45) is 7.62. The minimum atomic E-state index is 0. The average Bonchev–Trinajstić information content (AvgIpc) is 1.88. The Kier molecular flexibility index (Phi) is 10.3. The second-order valence-electron chi connectivity index (χ2n) is 2.16. The van der Waals surface area contributed by atoms with Crippen LogP contribution in [0, 0.1) is 0 Å². The van der Waals surface area contributed by atoms with Crippen molar-refractivity contribution in [3.05, 3.63) is 24.3 Å². The molecule has 0 rings (SSSR count). The fourth-order valence-electron chi connectivity index (χ4n) is 0.866. The normalized spacial score (nSPS) is 10.4. The molecule has 0 fully saturated rings. The van der Waals surface area contributed by atoms with Crippen molar-refractivity contribution in [2.45, 2.75) is 40.5 Å². The van der Waals surface area contributed by atoms with Gasteiger partial charge in [-0.15, -0.1) is 0 Å². The standard InChI is InChI=1S/C9H16.CH4/c1-4-7-9(6-3)8-5-2;/h4,7H,1,5-6,8H2,2-3H3;1H4/b9-7-;. The molecule has 60 valence electrons. The van der Waals surface area contributed by atoms with E-state index in [9.17, 15) is 0 Å². The van der Waals surface area contributed by atoms with Crippen molar-refractivity contribution >= 4 is 0 Å². The lowest BCUT2D eigenvalue weighted by molar-refractivity contribution is 0.859. The van der Waals surface area contributed by atoms with Crippen molar-refractivity contribution in [2.75, 3.05) is 0 Å². The molecule has 0 saturated carbocycles. The third-order valence-electron chi connectivity index (χ3n) is 1.38. The average molecular weight is 140 g/mol. The maximum Gasteiger partial charge on any atom is -0.0320 e. The summed E-state index contributed by atoms with van der Waals surface area (Å²) >= 11 is 0. The van der Waals surface area contributed by atoms with E-state index in [1.165, 1.54) is 24.8 Å². The van der Waals surface area contributed by atoms with Crippen LogP contribution in [0.2, 0.25) is 0 Å². The Hall–Kier alpha value is -0.520. The molecule has 0 aliphatic heterocycles. The number of hydrogen-bond acceptors (Lipinski definition) is 0. The zero-order valence-corrected chi connectivity index (χ0v) is 6.48. The maximum absolute atomic E-state index is 3.65. The molecule has 0 nitrogen and oxygen atoms in total. The van der Waals surface area contributed by atoms with Crippen LogP contribution >= 0.6 is 0 Å². The largest absolute Gasteiger partial charge is 0.0991 e. The molecular formula is C10H20. The molecule has 10 heavy (non-hydrogen) atoms. The summed E-state index contributed by atoms with van der Waals surface area (Å²) in [6.45, 7) is 8.04. The molecule has 0 N–H and O–H groups in total. The summed E-state index contributed by atoms with van der Waals surface area (Å²) in [5.74, 6) is 0. The smallest absolute Gasteiger partial charge is 0.0320 e. The highest BCUT2D eigenvalue weighted by molar-refractivity contribution is 5.09. The van der Waals surface area contributed by atoms with E-state index in [0.29, 0.717) is 0 Å². The van der Waals surface area contributed by atoms with Crippen molar-refractivity contribution < 1.29 is 0 Å². The lowest BCUT2D eigenvalue weighted by Gasteiger charge is -1.97. The number of hydrogen-bond donors (Lipinski definition) is 0. The van der Waals surface area contributed by atoms with Gasteiger partial charge in [0.05, 0.1) is 0 Å². The molecule has 0 aromatic rings. The minimum absolute atomic E-state index is 0. The molecule has 0 saturated heterocycles. The lowest BCUT2D eigenvalue weighted by Crippen LogP contribution is -1.77. The molecule has 0 bridgehead atoms. The fourth-order valence-corrected chi connectivity index (χ4v) is 0.866. The van der Waals surface area contributed by atoms with Gasteiger partial charge in [0.15, 0.2) is 0 Å². The second kappa shape index (κ2) is 8.48. The van der Waals surface area contributed by atoms with Crippen LogP contribution in [-0.4, -0.2) is 0 Å². The van der Waals surface area contributed by atoms with E-state index in [0.717, 1.165) is 0 Å². The summed E-state index contributed by atoms with van der Waals surface area (Å²) in [5, 5.41) is 0. The summed E-state index contributed by atoms with van der Waals surface area (Å²) in [7, 11) is 0. The lowest BCUT2D eigenvalue weighted by atomic mass is 10.1. The van der Waals surface area contributed by atoms with Crippen LogP contribution in [-0.2, 0) is 0 Å². The predicted molar refractivity (Wildman–Crippen MR) is 50.2 cm³/mol. The van der Waals surface area contributed by atoms with Gasteiger partial charge in [-0.05, 0) is 12.8 Å². The zero-order valence-electron chi connectivity index (χ0n) is 6.48. The Morgan fingerprint density at radius 1 is 1.40 bits per heavy atom. The molecule has 0 radical (unpaired) electrons. The van der Waals surface area contributed by atoms with Crippen LogP contribution in [0.4, 0.5) is 0 Å². The van der Waals surface area contributed by atoms with Crippen LogP contribution < -0.4 is 0 Å². The third kappa shape index (κ3) is 5.61. The van der Waals surface area contributed by atoms with E-state index in [4.69, 9.17) is 0 Å². The summed E-state index contributed by atoms with van der Waals surface area (Å²) in [5.41, 5.74) is 1.51. The van der Waals surface area contributed by atoms with Crippen molar-refractivity contribution in [1.29, 1.82) is 0 Å². The highest BCUT2D eigenvalue weighted by Crippen LogP contribution is 2.07.